The number of halogens is 1. The maximum Gasteiger partial charge on any atom is 0.265 e. The Hall–Kier alpha value is -2.00. The number of carbonyl (C=O) groups is 1. The zero-order valence-electron chi connectivity index (χ0n) is 12.3. The first-order valence-corrected chi connectivity index (χ1v) is 7.14. The van der Waals surface area contributed by atoms with E-state index in [0.29, 0.717) is 10.8 Å². The first kappa shape index (κ1) is 15.4. The molecule has 2 aromatic rings. The Morgan fingerprint density at radius 2 is 1.81 bits per heavy atom. The van der Waals surface area contributed by atoms with Gasteiger partial charge in [-0.1, -0.05) is 29.3 Å². The molecule has 2 aromatic carbocycles. The minimum Gasteiger partial charge on any atom is -0.481 e. The first-order valence-electron chi connectivity index (χ1n) is 6.76. The third-order valence-electron chi connectivity index (χ3n) is 3.13. The van der Waals surface area contributed by atoms with Crippen LogP contribution in [0.2, 0.25) is 5.02 Å². The molecule has 0 bridgehead atoms. The van der Waals surface area contributed by atoms with E-state index in [1.807, 2.05) is 44.2 Å². The second-order valence-corrected chi connectivity index (χ2v) is 5.46. The molecule has 4 heteroatoms. The fraction of sp³-hybridized carbons (Fsp3) is 0.235. The summed E-state index contributed by atoms with van der Waals surface area (Å²) in [5.41, 5.74) is 2.81. The summed E-state index contributed by atoms with van der Waals surface area (Å²) in [6, 6.07) is 13.0. The normalized spacial score (nSPS) is 11.8. The zero-order chi connectivity index (χ0) is 15.4. The average Bonchev–Trinajstić information content (AvgIpc) is 2.44. The highest BCUT2D eigenvalue weighted by Gasteiger charge is 2.15. The van der Waals surface area contributed by atoms with Gasteiger partial charge in [-0.3, -0.25) is 4.79 Å². The molecule has 0 heterocycles. The summed E-state index contributed by atoms with van der Waals surface area (Å²) in [5, 5.41) is 3.48. The van der Waals surface area contributed by atoms with E-state index in [1.165, 1.54) is 0 Å². The van der Waals surface area contributed by atoms with Crippen molar-refractivity contribution in [1.29, 1.82) is 0 Å². The molecule has 0 unspecified atom stereocenters. The molecule has 1 atom stereocenters. The molecule has 2 rings (SSSR count). The van der Waals surface area contributed by atoms with Gasteiger partial charge in [0.25, 0.3) is 5.91 Å². The van der Waals surface area contributed by atoms with Crippen LogP contribution >= 0.6 is 11.6 Å². The van der Waals surface area contributed by atoms with Crippen molar-refractivity contribution in [3.63, 3.8) is 0 Å². The number of nitrogens with one attached hydrogen (secondary N) is 1. The fourth-order valence-electron chi connectivity index (χ4n) is 1.87. The lowest BCUT2D eigenvalue weighted by molar-refractivity contribution is -0.122. The molecule has 21 heavy (non-hydrogen) atoms. The van der Waals surface area contributed by atoms with Crippen LogP contribution in [0.3, 0.4) is 0 Å². The topological polar surface area (TPSA) is 38.3 Å². The van der Waals surface area contributed by atoms with E-state index >= 15 is 0 Å². The molecule has 0 radical (unpaired) electrons. The molecular weight excluding hydrogens is 286 g/mol. The zero-order valence-corrected chi connectivity index (χ0v) is 13.1. The first-order chi connectivity index (χ1) is 9.95. The lowest BCUT2D eigenvalue weighted by atomic mass is 10.2. The van der Waals surface area contributed by atoms with E-state index in [4.69, 9.17) is 16.3 Å². The van der Waals surface area contributed by atoms with E-state index in [2.05, 4.69) is 5.32 Å². The maximum atomic E-state index is 12.1. The number of ether oxygens (including phenoxy) is 1. The molecule has 0 aliphatic heterocycles. The van der Waals surface area contributed by atoms with E-state index < -0.39 is 6.10 Å². The van der Waals surface area contributed by atoms with Gasteiger partial charge in [0.1, 0.15) is 5.75 Å². The number of hydrogen-bond donors (Lipinski definition) is 1. The SMILES string of the molecule is Cc1ccc(NC(=O)[C@@H](C)Oc2ccc(Cl)cc2C)cc1. The Labute approximate surface area is 129 Å². The summed E-state index contributed by atoms with van der Waals surface area (Å²) in [5.74, 6) is 0.471. The number of amides is 1. The van der Waals surface area contributed by atoms with E-state index in [1.54, 1.807) is 19.1 Å². The lowest BCUT2D eigenvalue weighted by Crippen LogP contribution is -2.30. The van der Waals surface area contributed by atoms with Crippen LogP contribution < -0.4 is 10.1 Å². The van der Waals surface area contributed by atoms with Crippen LogP contribution in [-0.2, 0) is 4.79 Å². The molecule has 110 valence electrons. The summed E-state index contributed by atoms with van der Waals surface area (Å²) in [4.78, 5) is 12.1. The van der Waals surface area contributed by atoms with Crippen LogP contribution in [0.1, 0.15) is 18.1 Å². The number of rotatable bonds is 4. The van der Waals surface area contributed by atoms with E-state index in [-0.39, 0.29) is 5.91 Å². The molecule has 0 aliphatic carbocycles. The second-order valence-electron chi connectivity index (χ2n) is 5.03. The van der Waals surface area contributed by atoms with Gasteiger partial charge >= 0.3 is 0 Å². The summed E-state index contributed by atoms with van der Waals surface area (Å²) in [7, 11) is 0. The van der Waals surface area contributed by atoms with Gasteiger partial charge < -0.3 is 10.1 Å². The van der Waals surface area contributed by atoms with Crippen molar-refractivity contribution in [2.75, 3.05) is 5.32 Å². The van der Waals surface area contributed by atoms with Crippen molar-refractivity contribution in [2.24, 2.45) is 0 Å². The van der Waals surface area contributed by atoms with Gasteiger partial charge in [0.2, 0.25) is 0 Å². The van der Waals surface area contributed by atoms with Crippen LogP contribution in [0.5, 0.6) is 5.75 Å². The minimum atomic E-state index is -0.592. The maximum absolute atomic E-state index is 12.1. The predicted octanol–water partition coefficient (Wildman–Crippen LogP) is 4.36. The number of benzene rings is 2. The highest BCUT2D eigenvalue weighted by atomic mass is 35.5. The van der Waals surface area contributed by atoms with Crippen LogP contribution in [-0.4, -0.2) is 12.0 Å². The molecule has 1 amide bonds. The summed E-state index contributed by atoms with van der Waals surface area (Å²) in [6.45, 7) is 5.62. The van der Waals surface area contributed by atoms with E-state index in [0.717, 1.165) is 16.8 Å². The Bertz CT molecular complexity index is 638. The number of aryl methyl sites for hydroxylation is 2. The second kappa shape index (κ2) is 6.64. The molecule has 0 saturated carbocycles. The molecule has 0 spiro atoms. The Balaban J connectivity index is 2.00. The average molecular weight is 304 g/mol. The van der Waals surface area contributed by atoms with E-state index in [9.17, 15) is 4.79 Å². The van der Waals surface area contributed by atoms with Gasteiger partial charge in [0.15, 0.2) is 6.10 Å². The standard InChI is InChI=1S/C17H18ClNO2/c1-11-4-7-15(8-5-11)19-17(20)13(3)21-16-9-6-14(18)10-12(16)2/h4-10,13H,1-3H3,(H,19,20)/t13-/m1/s1. The molecule has 0 saturated heterocycles. The van der Waals surface area contributed by atoms with Crippen LogP contribution in [0.25, 0.3) is 0 Å². The molecular formula is C17H18ClNO2. The Morgan fingerprint density at radius 3 is 2.43 bits per heavy atom. The predicted molar refractivity (Wildman–Crippen MR) is 86.1 cm³/mol. The van der Waals surface area contributed by atoms with Crippen molar-refractivity contribution >= 4 is 23.2 Å². The van der Waals surface area contributed by atoms with Crippen molar-refractivity contribution in [2.45, 2.75) is 26.9 Å². The number of hydrogen-bond acceptors (Lipinski definition) is 2. The summed E-state index contributed by atoms with van der Waals surface area (Å²) >= 11 is 5.90. The van der Waals surface area contributed by atoms with Crippen molar-refractivity contribution < 1.29 is 9.53 Å². The van der Waals surface area contributed by atoms with Crippen molar-refractivity contribution in [1.82, 2.24) is 0 Å². The van der Waals surface area contributed by atoms with Gasteiger partial charge in [-0.15, -0.1) is 0 Å². The van der Waals surface area contributed by atoms with Gasteiger partial charge in [-0.25, -0.2) is 0 Å². The smallest absolute Gasteiger partial charge is 0.265 e. The molecule has 0 aliphatic rings. The number of carbonyl (C=O) groups excluding carboxylic acids is 1. The van der Waals surface area contributed by atoms with Crippen LogP contribution in [0.4, 0.5) is 5.69 Å². The van der Waals surface area contributed by atoms with Gasteiger partial charge in [-0.2, -0.15) is 0 Å². The monoisotopic (exact) mass is 303 g/mol. The largest absolute Gasteiger partial charge is 0.481 e. The third kappa shape index (κ3) is 4.23. The van der Waals surface area contributed by atoms with Crippen molar-refractivity contribution in [3.8, 4) is 5.75 Å². The van der Waals surface area contributed by atoms with Crippen LogP contribution in [0.15, 0.2) is 42.5 Å². The highest BCUT2D eigenvalue weighted by Crippen LogP contribution is 2.23. The molecule has 1 N–H and O–H groups in total. The summed E-state index contributed by atoms with van der Waals surface area (Å²) in [6.07, 6.45) is -0.592. The van der Waals surface area contributed by atoms with Gasteiger partial charge in [0, 0.05) is 10.7 Å². The quantitative estimate of drug-likeness (QED) is 0.911. The fourth-order valence-corrected chi connectivity index (χ4v) is 2.10. The molecule has 0 aromatic heterocycles. The van der Waals surface area contributed by atoms with Crippen LogP contribution in [0, 0.1) is 13.8 Å². The highest BCUT2D eigenvalue weighted by molar-refractivity contribution is 6.30. The Morgan fingerprint density at radius 1 is 1.14 bits per heavy atom. The minimum absolute atomic E-state index is 0.187. The Kier molecular flexibility index (Phi) is 4.86. The lowest BCUT2D eigenvalue weighted by Gasteiger charge is -2.16. The molecule has 3 nitrogen and oxygen atoms in total. The number of anilines is 1. The van der Waals surface area contributed by atoms with Gasteiger partial charge in [0.05, 0.1) is 0 Å². The van der Waals surface area contributed by atoms with Gasteiger partial charge in [-0.05, 0) is 56.7 Å². The van der Waals surface area contributed by atoms with Crippen molar-refractivity contribution in [3.05, 3.63) is 58.6 Å². The summed E-state index contributed by atoms with van der Waals surface area (Å²) < 4.78 is 5.69. The third-order valence-corrected chi connectivity index (χ3v) is 3.36. The molecule has 0 fully saturated rings.